The Morgan fingerprint density at radius 3 is 3.00 bits per heavy atom. The lowest BCUT2D eigenvalue weighted by Gasteiger charge is -2.15. The van der Waals surface area contributed by atoms with E-state index in [2.05, 4.69) is 15.1 Å². The standard InChI is InChI=1S/C14H16N6O2/c1-8-2-11(22-19-8)3-9-6-20(7-12(9)21)14-17-5-10(4-15)13(16)18-14/h2,5,9,12,21H,3,6-7H2,1H3,(H2,16,17,18)/t9-,12-/m1/s1. The zero-order valence-electron chi connectivity index (χ0n) is 12.1. The molecule has 0 aromatic carbocycles. The topological polar surface area (TPSA) is 125 Å². The van der Waals surface area contributed by atoms with E-state index in [-0.39, 0.29) is 17.3 Å². The third-order valence-corrected chi connectivity index (χ3v) is 3.76. The molecule has 114 valence electrons. The van der Waals surface area contributed by atoms with E-state index in [9.17, 15) is 5.11 Å². The SMILES string of the molecule is Cc1cc(C[C@@H]2CN(c3ncc(C#N)c(N)n3)C[C@H]2O)on1. The van der Waals surface area contributed by atoms with Crippen LogP contribution in [0.15, 0.2) is 16.8 Å². The summed E-state index contributed by atoms with van der Waals surface area (Å²) in [7, 11) is 0. The molecule has 0 aliphatic carbocycles. The van der Waals surface area contributed by atoms with E-state index in [0.717, 1.165) is 11.5 Å². The average Bonchev–Trinajstić information content (AvgIpc) is 3.06. The van der Waals surface area contributed by atoms with Gasteiger partial charge >= 0.3 is 0 Å². The van der Waals surface area contributed by atoms with Crippen LogP contribution in [-0.2, 0) is 6.42 Å². The molecule has 2 aromatic rings. The Morgan fingerprint density at radius 2 is 2.36 bits per heavy atom. The van der Waals surface area contributed by atoms with Crippen LogP contribution in [0, 0.1) is 24.2 Å². The highest BCUT2D eigenvalue weighted by Gasteiger charge is 2.33. The lowest BCUT2D eigenvalue weighted by atomic mass is 10.0. The van der Waals surface area contributed by atoms with Gasteiger partial charge in [-0.2, -0.15) is 10.2 Å². The zero-order chi connectivity index (χ0) is 15.7. The molecule has 8 heteroatoms. The number of aromatic nitrogens is 3. The first kappa shape index (κ1) is 14.3. The van der Waals surface area contributed by atoms with Crippen LogP contribution in [0.1, 0.15) is 17.0 Å². The van der Waals surface area contributed by atoms with Gasteiger partial charge in [0.25, 0.3) is 0 Å². The molecule has 3 heterocycles. The van der Waals surface area contributed by atoms with E-state index in [1.165, 1.54) is 6.20 Å². The number of nitrogens with zero attached hydrogens (tertiary/aromatic N) is 5. The summed E-state index contributed by atoms with van der Waals surface area (Å²) in [5.74, 6) is 1.33. The van der Waals surface area contributed by atoms with Gasteiger partial charge in [-0.15, -0.1) is 0 Å². The maximum Gasteiger partial charge on any atom is 0.227 e. The van der Waals surface area contributed by atoms with E-state index < -0.39 is 6.10 Å². The number of hydrogen-bond acceptors (Lipinski definition) is 8. The third-order valence-electron chi connectivity index (χ3n) is 3.76. The van der Waals surface area contributed by atoms with Gasteiger partial charge in [-0.3, -0.25) is 0 Å². The molecule has 3 rings (SSSR count). The molecule has 8 nitrogen and oxygen atoms in total. The number of anilines is 2. The normalized spacial score (nSPS) is 21.0. The molecule has 0 unspecified atom stereocenters. The maximum atomic E-state index is 10.2. The molecule has 0 spiro atoms. The summed E-state index contributed by atoms with van der Waals surface area (Å²) in [4.78, 5) is 10.1. The molecule has 2 atom stereocenters. The molecule has 22 heavy (non-hydrogen) atoms. The minimum absolute atomic E-state index is 0.00724. The highest BCUT2D eigenvalue weighted by Crippen LogP contribution is 2.25. The van der Waals surface area contributed by atoms with Gasteiger partial charge in [0, 0.05) is 31.5 Å². The average molecular weight is 300 g/mol. The smallest absolute Gasteiger partial charge is 0.227 e. The number of aliphatic hydroxyl groups is 1. The minimum Gasteiger partial charge on any atom is -0.391 e. The number of nitrogens with two attached hydrogens (primary N) is 1. The van der Waals surface area contributed by atoms with Crippen LogP contribution in [0.25, 0.3) is 0 Å². The highest BCUT2D eigenvalue weighted by molar-refractivity contribution is 5.50. The number of nitriles is 1. The summed E-state index contributed by atoms with van der Waals surface area (Å²) < 4.78 is 5.20. The molecule has 1 fully saturated rings. The Kier molecular flexibility index (Phi) is 3.65. The van der Waals surface area contributed by atoms with Crippen molar-refractivity contribution < 1.29 is 9.63 Å². The molecule has 0 radical (unpaired) electrons. The number of aliphatic hydroxyl groups excluding tert-OH is 1. The second-order valence-electron chi connectivity index (χ2n) is 5.45. The molecule has 0 bridgehead atoms. The Balaban J connectivity index is 1.72. The molecule has 0 amide bonds. The fraction of sp³-hybridized carbons (Fsp3) is 0.429. The Morgan fingerprint density at radius 1 is 1.55 bits per heavy atom. The number of β-amino-alcohol motifs (C(OH)–C–C–N with tert-alkyl or cyclic N) is 1. The first-order valence-electron chi connectivity index (χ1n) is 6.94. The van der Waals surface area contributed by atoms with Crippen molar-refractivity contribution in [2.75, 3.05) is 23.7 Å². The van der Waals surface area contributed by atoms with E-state index >= 15 is 0 Å². The van der Waals surface area contributed by atoms with Crippen LogP contribution in [0.4, 0.5) is 11.8 Å². The first-order chi connectivity index (χ1) is 10.6. The van der Waals surface area contributed by atoms with Gasteiger partial charge in [0.1, 0.15) is 23.2 Å². The second kappa shape index (κ2) is 5.61. The highest BCUT2D eigenvalue weighted by atomic mass is 16.5. The summed E-state index contributed by atoms with van der Waals surface area (Å²) in [6.45, 7) is 2.87. The molecule has 1 aliphatic rings. The largest absolute Gasteiger partial charge is 0.391 e. The van der Waals surface area contributed by atoms with Crippen molar-refractivity contribution in [3.8, 4) is 6.07 Å². The molecular formula is C14H16N6O2. The van der Waals surface area contributed by atoms with Crippen molar-refractivity contribution in [3.63, 3.8) is 0 Å². The monoisotopic (exact) mass is 300 g/mol. The third kappa shape index (κ3) is 2.71. The van der Waals surface area contributed by atoms with Crippen LogP contribution in [0.5, 0.6) is 0 Å². The Labute approximate surface area is 127 Å². The quantitative estimate of drug-likeness (QED) is 0.827. The van der Waals surface area contributed by atoms with E-state index in [1.807, 2.05) is 24.0 Å². The van der Waals surface area contributed by atoms with Crippen molar-refractivity contribution in [1.29, 1.82) is 5.26 Å². The number of rotatable bonds is 3. The molecular weight excluding hydrogens is 284 g/mol. The Bertz CT molecular complexity index is 722. The molecule has 2 aromatic heterocycles. The van der Waals surface area contributed by atoms with Gasteiger partial charge in [-0.25, -0.2) is 4.98 Å². The van der Waals surface area contributed by atoms with Gasteiger partial charge in [-0.1, -0.05) is 5.16 Å². The number of aryl methyl sites for hydroxylation is 1. The van der Waals surface area contributed by atoms with E-state index in [4.69, 9.17) is 15.5 Å². The summed E-state index contributed by atoms with van der Waals surface area (Å²) in [6, 6.07) is 3.79. The summed E-state index contributed by atoms with van der Waals surface area (Å²) in [5.41, 5.74) is 6.78. The Hall–Kier alpha value is -2.66. The molecule has 3 N–H and O–H groups in total. The first-order valence-corrected chi connectivity index (χ1v) is 6.94. The van der Waals surface area contributed by atoms with Crippen LogP contribution in [0.2, 0.25) is 0 Å². The van der Waals surface area contributed by atoms with Gasteiger partial charge in [0.2, 0.25) is 5.95 Å². The minimum atomic E-state index is -0.508. The fourth-order valence-electron chi connectivity index (χ4n) is 2.61. The maximum absolute atomic E-state index is 10.2. The predicted molar refractivity (Wildman–Crippen MR) is 77.8 cm³/mol. The fourth-order valence-corrected chi connectivity index (χ4v) is 2.61. The van der Waals surface area contributed by atoms with Crippen molar-refractivity contribution in [1.82, 2.24) is 15.1 Å². The van der Waals surface area contributed by atoms with Crippen molar-refractivity contribution >= 4 is 11.8 Å². The van der Waals surface area contributed by atoms with E-state index in [1.54, 1.807) is 0 Å². The summed E-state index contributed by atoms with van der Waals surface area (Å²) in [6.07, 6.45) is 1.49. The van der Waals surface area contributed by atoms with Crippen LogP contribution < -0.4 is 10.6 Å². The van der Waals surface area contributed by atoms with Gasteiger partial charge < -0.3 is 20.3 Å². The van der Waals surface area contributed by atoms with Crippen LogP contribution in [0.3, 0.4) is 0 Å². The van der Waals surface area contributed by atoms with Crippen LogP contribution in [-0.4, -0.2) is 39.4 Å². The molecule has 1 saturated heterocycles. The van der Waals surface area contributed by atoms with Crippen molar-refractivity contribution in [3.05, 3.63) is 29.3 Å². The van der Waals surface area contributed by atoms with E-state index in [0.29, 0.717) is 25.5 Å². The predicted octanol–water partition coefficient (Wildman–Crippen LogP) is 0.267. The van der Waals surface area contributed by atoms with Crippen molar-refractivity contribution in [2.45, 2.75) is 19.4 Å². The summed E-state index contributed by atoms with van der Waals surface area (Å²) in [5, 5.41) is 22.9. The molecule has 1 aliphatic heterocycles. The van der Waals surface area contributed by atoms with Crippen LogP contribution >= 0.6 is 0 Å². The van der Waals surface area contributed by atoms with Crippen molar-refractivity contribution in [2.24, 2.45) is 5.92 Å². The van der Waals surface area contributed by atoms with Gasteiger partial charge in [-0.05, 0) is 6.92 Å². The van der Waals surface area contributed by atoms with Gasteiger partial charge in [0.05, 0.1) is 18.0 Å². The lowest BCUT2D eigenvalue weighted by molar-refractivity contribution is 0.143. The van der Waals surface area contributed by atoms with Gasteiger partial charge in [0.15, 0.2) is 0 Å². The summed E-state index contributed by atoms with van der Waals surface area (Å²) >= 11 is 0. The zero-order valence-corrected chi connectivity index (χ0v) is 12.1. The second-order valence-corrected chi connectivity index (χ2v) is 5.45. The lowest BCUT2D eigenvalue weighted by Crippen LogP contribution is -2.23. The number of nitrogen functional groups attached to an aromatic ring is 1. The number of hydrogen-bond donors (Lipinski definition) is 2. The molecule has 0 saturated carbocycles.